The zero-order chi connectivity index (χ0) is 24.5. The van der Waals surface area contributed by atoms with Crippen LogP contribution >= 0.6 is 7.26 Å². The molecule has 0 heterocycles. The molecule has 33 heavy (non-hydrogen) atoms. The van der Waals surface area contributed by atoms with E-state index in [9.17, 15) is 4.79 Å². The van der Waals surface area contributed by atoms with E-state index in [-0.39, 0.29) is 5.97 Å². The van der Waals surface area contributed by atoms with Crippen molar-refractivity contribution in [2.24, 2.45) is 0 Å². The first-order valence-corrected chi connectivity index (χ1v) is 18.4. The van der Waals surface area contributed by atoms with E-state index in [1.807, 2.05) is 0 Å². The van der Waals surface area contributed by atoms with Gasteiger partial charge in [0.15, 0.2) is 0 Å². The highest BCUT2D eigenvalue weighted by Gasteiger charge is 2.35. The number of carbonyl (C=O) groups excluding carboxylic acids is 1. The minimum atomic E-state index is -0.875. The van der Waals surface area contributed by atoms with E-state index in [0.717, 1.165) is 6.42 Å². The van der Waals surface area contributed by atoms with Crippen molar-refractivity contribution in [1.82, 2.24) is 0 Å². The summed E-state index contributed by atoms with van der Waals surface area (Å²) < 4.78 is 5.03. The molecule has 0 aromatic heterocycles. The van der Waals surface area contributed by atoms with Crippen LogP contribution in [0.2, 0.25) is 0 Å². The Kier molecular flexibility index (Phi) is 25.3. The topological polar surface area (TPSA) is 26.3 Å². The average molecular weight is 502 g/mol. The lowest BCUT2D eigenvalue weighted by Gasteiger charge is -2.28. The molecule has 0 aromatic rings. The summed E-state index contributed by atoms with van der Waals surface area (Å²) >= 11 is 0. The summed E-state index contributed by atoms with van der Waals surface area (Å²) in [5.74, 6) is 0.0355. The number of hydrogen-bond donors (Lipinski definition) is 0. The Morgan fingerprint density at radius 2 is 0.818 bits per heavy atom. The summed E-state index contributed by atoms with van der Waals surface area (Å²) in [6, 6.07) is 0. The van der Waals surface area contributed by atoms with E-state index in [0.29, 0.717) is 16.9 Å². The number of hydrogen-bond acceptors (Lipinski definition) is 2. The first-order valence-electron chi connectivity index (χ1n) is 15.1. The Morgan fingerprint density at radius 1 is 0.515 bits per heavy atom. The monoisotopic (exact) mass is 501 g/mol. The van der Waals surface area contributed by atoms with Crippen LogP contribution in [0.4, 0.5) is 0 Å². The van der Waals surface area contributed by atoms with Crippen molar-refractivity contribution >= 4 is 23.7 Å². The van der Waals surface area contributed by atoms with Gasteiger partial charge in [-0.25, -0.2) is 0 Å². The fourth-order valence-corrected chi connectivity index (χ4v) is 10.3. The molecule has 0 fully saturated rings. The van der Waals surface area contributed by atoms with Crippen LogP contribution in [-0.2, 0) is 9.22 Å². The largest absolute Gasteiger partial charge is 0.529 e. The highest BCUT2D eigenvalue weighted by molar-refractivity contribution is 7.75. The van der Waals surface area contributed by atoms with Gasteiger partial charge in [0.1, 0.15) is 0 Å². The van der Waals surface area contributed by atoms with Crippen LogP contribution in [0.15, 0.2) is 0 Å². The van der Waals surface area contributed by atoms with E-state index in [4.69, 9.17) is 4.43 Å². The normalized spacial score (nSPS) is 11.8. The van der Waals surface area contributed by atoms with E-state index in [2.05, 4.69) is 20.8 Å². The molecule has 0 saturated heterocycles. The molecule has 0 rings (SSSR count). The number of carbonyl (C=O) groups is 1. The van der Waals surface area contributed by atoms with Gasteiger partial charge in [-0.05, 0) is 51.4 Å². The number of rotatable bonds is 26. The van der Waals surface area contributed by atoms with E-state index < -0.39 is 7.26 Å². The molecule has 0 aliphatic heterocycles. The lowest BCUT2D eigenvalue weighted by molar-refractivity contribution is -0.134. The molecule has 4 heteroatoms. The molecular weight excluding hydrogens is 439 g/mol. The second-order valence-electron chi connectivity index (χ2n) is 10.6. The first-order chi connectivity index (χ1) is 16.1. The van der Waals surface area contributed by atoms with E-state index in [1.165, 1.54) is 147 Å². The zero-order valence-corrected chi connectivity index (χ0v) is 26.3. The highest BCUT2D eigenvalue weighted by atomic mass is 31.2. The Hall–Kier alpha value is 0.117. The Balaban J connectivity index is 4.82. The molecule has 0 bridgehead atoms. The molecule has 0 spiro atoms. The molecule has 198 valence electrons. The third-order valence-corrected chi connectivity index (χ3v) is 13.0. The molecule has 0 N–H and O–H groups in total. The minimum absolute atomic E-state index is 0.0355. The van der Waals surface area contributed by atoms with Crippen molar-refractivity contribution in [2.45, 2.75) is 156 Å². The Labute approximate surface area is 213 Å². The lowest BCUT2D eigenvalue weighted by atomic mass is 10.1. The maximum atomic E-state index is 11.6. The smallest absolute Gasteiger partial charge is 0.291 e. The predicted molar refractivity (Wildman–Crippen MR) is 156 cm³/mol. The van der Waals surface area contributed by atoms with E-state index >= 15 is 0 Å². The quantitative estimate of drug-likeness (QED) is 0.0671. The van der Waals surface area contributed by atoms with Gasteiger partial charge in [0.2, 0.25) is 10.5 Å². The van der Waals surface area contributed by atoms with Crippen LogP contribution < -0.4 is 0 Å². The van der Waals surface area contributed by atoms with Gasteiger partial charge in [-0.3, -0.25) is 4.79 Å². The van der Waals surface area contributed by atoms with Gasteiger partial charge in [0, 0.05) is 13.7 Å². The maximum absolute atomic E-state index is 11.6. The van der Waals surface area contributed by atoms with Gasteiger partial charge in [-0.1, -0.05) is 97.8 Å². The van der Waals surface area contributed by atoms with Gasteiger partial charge in [0.25, 0.3) is 5.97 Å². The van der Waals surface area contributed by atoms with Crippen LogP contribution in [-0.4, -0.2) is 41.1 Å². The summed E-state index contributed by atoms with van der Waals surface area (Å²) in [4.78, 5) is 11.6. The second-order valence-corrected chi connectivity index (χ2v) is 15.5. The van der Waals surface area contributed by atoms with Crippen LogP contribution in [0.3, 0.4) is 0 Å². The summed E-state index contributed by atoms with van der Waals surface area (Å²) in [6.45, 7) is 6.94. The lowest BCUT2D eigenvalue weighted by Crippen LogP contribution is -2.14. The first kappa shape index (κ1) is 33.1. The van der Waals surface area contributed by atoms with Gasteiger partial charge >= 0.3 is 0 Å². The fraction of sp³-hybridized carbons (Fsp3) is 0.966. The van der Waals surface area contributed by atoms with Crippen LogP contribution in [0, 0.1) is 0 Å². The maximum Gasteiger partial charge on any atom is 0.291 e. The van der Waals surface area contributed by atoms with Crippen molar-refractivity contribution < 1.29 is 9.22 Å². The van der Waals surface area contributed by atoms with Gasteiger partial charge in [-0.2, -0.15) is 0 Å². The molecule has 2 nitrogen and oxygen atoms in total. The van der Waals surface area contributed by atoms with Crippen LogP contribution in [0.25, 0.3) is 0 Å². The van der Waals surface area contributed by atoms with Gasteiger partial charge in [-0.15, -0.1) is 0 Å². The van der Waals surface area contributed by atoms with Gasteiger partial charge < -0.3 is 4.43 Å². The number of unbranched alkanes of at least 4 members (excludes halogenated alkanes) is 16. The van der Waals surface area contributed by atoms with Crippen molar-refractivity contribution in [3.8, 4) is 0 Å². The zero-order valence-electron chi connectivity index (χ0n) is 23.4. The summed E-state index contributed by atoms with van der Waals surface area (Å²) in [6.07, 6.45) is 34.6. The molecule has 0 atom stereocenters. The SMILES string of the molecule is CCCCCCCC[P+](CCCCCCCC)(CCCCCCCC)CCCCC(=O)O[SiH3]. The molecule has 0 amide bonds. The molecule has 0 aliphatic rings. The van der Waals surface area contributed by atoms with Crippen LogP contribution in [0.1, 0.15) is 156 Å². The molecule has 0 saturated carbocycles. The molecule has 0 aliphatic carbocycles. The Bertz CT molecular complexity index is 376. The van der Waals surface area contributed by atoms with Crippen molar-refractivity contribution in [3.05, 3.63) is 0 Å². The molecule has 0 radical (unpaired) electrons. The minimum Gasteiger partial charge on any atom is -0.529 e. The van der Waals surface area contributed by atoms with Gasteiger partial charge in [0.05, 0.1) is 24.6 Å². The molecular formula is C29H62O2PSi+. The van der Waals surface area contributed by atoms with Crippen molar-refractivity contribution in [3.63, 3.8) is 0 Å². The molecule has 0 unspecified atom stereocenters. The van der Waals surface area contributed by atoms with Crippen molar-refractivity contribution in [1.29, 1.82) is 0 Å². The standard InChI is InChI=1S/C29H62O2PSi/c1-4-7-10-13-16-20-25-32(26-21-17-14-11-8-5-2,27-22-18-15-12-9-6-3)28-23-19-24-29(30)31-33/h4-28H2,1-3,33H3/q+1. The third kappa shape index (κ3) is 21.1. The highest BCUT2D eigenvalue weighted by Crippen LogP contribution is 2.61. The summed E-state index contributed by atoms with van der Waals surface area (Å²) in [5, 5.41) is 0. The van der Waals surface area contributed by atoms with Crippen molar-refractivity contribution in [2.75, 3.05) is 24.6 Å². The molecule has 0 aromatic carbocycles. The second kappa shape index (κ2) is 25.2. The average Bonchev–Trinajstić information content (AvgIpc) is 2.83. The Morgan fingerprint density at radius 3 is 1.15 bits per heavy atom. The third-order valence-electron chi connectivity index (χ3n) is 7.45. The van der Waals surface area contributed by atoms with Crippen LogP contribution in [0.5, 0.6) is 0 Å². The predicted octanol–water partition coefficient (Wildman–Crippen LogP) is 9.08. The fourth-order valence-electron chi connectivity index (χ4n) is 5.17. The summed E-state index contributed by atoms with van der Waals surface area (Å²) in [7, 11) is -0.330. The summed E-state index contributed by atoms with van der Waals surface area (Å²) in [5.41, 5.74) is 0. The van der Waals surface area contributed by atoms with E-state index in [1.54, 1.807) is 0 Å².